The highest BCUT2D eigenvalue weighted by atomic mass is 35.5. The summed E-state index contributed by atoms with van der Waals surface area (Å²) < 4.78 is 0. The van der Waals surface area contributed by atoms with E-state index in [0.717, 1.165) is 44.2 Å². The third-order valence-electron chi connectivity index (χ3n) is 3.54. The molecule has 0 radical (unpaired) electrons. The first kappa shape index (κ1) is 15.8. The van der Waals surface area contributed by atoms with Gasteiger partial charge in [0.15, 0.2) is 0 Å². The van der Waals surface area contributed by atoms with Crippen molar-refractivity contribution in [2.45, 2.75) is 6.42 Å². The Morgan fingerprint density at radius 1 is 0.739 bits per heavy atom. The number of aromatic nitrogens is 4. The molecule has 10 heteroatoms. The van der Waals surface area contributed by atoms with Crippen molar-refractivity contribution in [2.75, 3.05) is 47.4 Å². The van der Waals surface area contributed by atoms with Crippen LogP contribution in [-0.2, 0) is 0 Å². The molecule has 0 bridgehead atoms. The predicted molar refractivity (Wildman–Crippen MR) is 92.0 cm³/mol. The van der Waals surface area contributed by atoms with E-state index in [-0.39, 0.29) is 11.9 Å². The maximum Gasteiger partial charge on any atom is 0.223 e. The molecule has 1 saturated heterocycles. The smallest absolute Gasteiger partial charge is 0.223 e. The lowest BCUT2D eigenvalue weighted by Crippen LogP contribution is -2.31. The fraction of sp³-hybridized carbons (Fsp3) is 0.385. The molecule has 0 saturated carbocycles. The molecule has 1 aliphatic heterocycles. The van der Waals surface area contributed by atoms with E-state index in [2.05, 4.69) is 29.7 Å². The predicted octanol–water partition coefficient (Wildman–Crippen LogP) is 1.45. The highest BCUT2D eigenvalue weighted by molar-refractivity contribution is 6.30. The third-order valence-corrected chi connectivity index (χ3v) is 3.93. The van der Waals surface area contributed by atoms with E-state index < -0.39 is 0 Å². The van der Waals surface area contributed by atoms with Crippen LogP contribution >= 0.6 is 23.2 Å². The molecule has 4 N–H and O–H groups in total. The lowest BCUT2D eigenvalue weighted by Gasteiger charge is -2.23. The van der Waals surface area contributed by atoms with Crippen molar-refractivity contribution < 1.29 is 0 Å². The van der Waals surface area contributed by atoms with Crippen LogP contribution in [0.2, 0.25) is 10.3 Å². The van der Waals surface area contributed by atoms with Crippen molar-refractivity contribution in [2.24, 2.45) is 0 Å². The Morgan fingerprint density at radius 3 is 1.57 bits per heavy atom. The second-order valence-electron chi connectivity index (χ2n) is 5.14. The molecule has 23 heavy (non-hydrogen) atoms. The summed E-state index contributed by atoms with van der Waals surface area (Å²) in [5.74, 6) is 1.79. The highest BCUT2D eigenvalue weighted by Gasteiger charge is 2.19. The lowest BCUT2D eigenvalue weighted by molar-refractivity contribution is 0.793. The average Bonchev–Trinajstić information content (AvgIpc) is 2.71. The zero-order valence-electron chi connectivity index (χ0n) is 12.3. The van der Waals surface area contributed by atoms with Gasteiger partial charge in [0.2, 0.25) is 11.9 Å². The summed E-state index contributed by atoms with van der Waals surface area (Å²) in [5.41, 5.74) is 11.3. The molecule has 122 valence electrons. The lowest BCUT2D eigenvalue weighted by atomic mass is 10.3. The van der Waals surface area contributed by atoms with Crippen molar-refractivity contribution >= 4 is 46.7 Å². The number of hydrogen-bond donors (Lipinski definition) is 2. The summed E-state index contributed by atoms with van der Waals surface area (Å²) >= 11 is 11.9. The Kier molecular flexibility index (Phi) is 4.53. The summed E-state index contributed by atoms with van der Waals surface area (Å²) in [6.07, 6.45) is 0.920. The zero-order valence-corrected chi connectivity index (χ0v) is 13.8. The minimum Gasteiger partial charge on any atom is -0.368 e. The third kappa shape index (κ3) is 3.83. The van der Waals surface area contributed by atoms with Gasteiger partial charge in [0.1, 0.15) is 21.9 Å². The maximum absolute atomic E-state index is 5.96. The standard InChI is InChI=1S/C13H16Cl2N8/c14-8-6-10(20-12(16)18-8)22-2-1-3-23(5-4-22)11-7-9(15)19-13(17)21-11/h6-7H,1-5H2,(H2,16,18,20)(H2,17,19,21). The number of anilines is 4. The first-order valence-corrected chi connectivity index (χ1v) is 7.87. The van der Waals surface area contributed by atoms with E-state index in [0.29, 0.717) is 10.3 Å². The largest absolute Gasteiger partial charge is 0.368 e. The quantitative estimate of drug-likeness (QED) is 0.779. The van der Waals surface area contributed by atoms with Gasteiger partial charge in [-0.3, -0.25) is 0 Å². The molecule has 3 heterocycles. The topological polar surface area (TPSA) is 110 Å². The molecule has 0 amide bonds. The van der Waals surface area contributed by atoms with E-state index >= 15 is 0 Å². The van der Waals surface area contributed by atoms with Gasteiger partial charge in [-0.05, 0) is 6.42 Å². The molecule has 0 atom stereocenters. The van der Waals surface area contributed by atoms with Gasteiger partial charge in [0, 0.05) is 38.3 Å². The number of halogens is 2. The van der Waals surface area contributed by atoms with E-state index in [1.54, 1.807) is 12.1 Å². The van der Waals surface area contributed by atoms with Crippen LogP contribution in [0.3, 0.4) is 0 Å². The number of rotatable bonds is 2. The zero-order chi connectivity index (χ0) is 16.4. The molecule has 2 aromatic rings. The maximum atomic E-state index is 5.96. The molecule has 0 unspecified atom stereocenters. The van der Waals surface area contributed by atoms with Crippen LogP contribution in [0.5, 0.6) is 0 Å². The summed E-state index contributed by atoms with van der Waals surface area (Å²) in [5, 5.41) is 0.674. The molecular weight excluding hydrogens is 339 g/mol. The van der Waals surface area contributed by atoms with E-state index in [9.17, 15) is 0 Å². The second kappa shape index (κ2) is 6.59. The number of nitrogen functional groups attached to an aromatic ring is 2. The van der Waals surface area contributed by atoms with Crippen molar-refractivity contribution in [3.63, 3.8) is 0 Å². The van der Waals surface area contributed by atoms with Crippen molar-refractivity contribution in [1.82, 2.24) is 19.9 Å². The summed E-state index contributed by atoms with van der Waals surface area (Å²) in [4.78, 5) is 20.5. The van der Waals surface area contributed by atoms with Gasteiger partial charge in [-0.25, -0.2) is 9.97 Å². The number of nitrogens with two attached hydrogens (primary N) is 2. The minimum atomic E-state index is 0.170. The van der Waals surface area contributed by atoms with Crippen LogP contribution < -0.4 is 21.3 Å². The van der Waals surface area contributed by atoms with Crippen molar-refractivity contribution in [3.8, 4) is 0 Å². The molecule has 1 fully saturated rings. The van der Waals surface area contributed by atoms with Gasteiger partial charge in [0.25, 0.3) is 0 Å². The molecule has 8 nitrogen and oxygen atoms in total. The van der Waals surface area contributed by atoms with E-state index in [4.69, 9.17) is 34.7 Å². The van der Waals surface area contributed by atoms with Gasteiger partial charge in [-0.2, -0.15) is 9.97 Å². The molecule has 3 rings (SSSR count). The summed E-state index contributed by atoms with van der Waals surface area (Å²) in [7, 11) is 0. The van der Waals surface area contributed by atoms with Crippen molar-refractivity contribution in [3.05, 3.63) is 22.4 Å². The highest BCUT2D eigenvalue weighted by Crippen LogP contribution is 2.22. The van der Waals surface area contributed by atoms with Gasteiger partial charge < -0.3 is 21.3 Å². The normalized spacial score (nSPS) is 15.6. The Balaban J connectivity index is 1.76. The SMILES string of the molecule is Nc1nc(Cl)cc(N2CCCN(c3cc(Cl)nc(N)n3)CC2)n1. The Morgan fingerprint density at radius 2 is 1.17 bits per heavy atom. The number of hydrogen-bond acceptors (Lipinski definition) is 8. The summed E-state index contributed by atoms with van der Waals surface area (Å²) in [6, 6.07) is 3.43. The molecule has 1 aliphatic rings. The monoisotopic (exact) mass is 354 g/mol. The van der Waals surface area contributed by atoms with E-state index in [1.807, 2.05) is 0 Å². The average molecular weight is 355 g/mol. The molecular formula is C13H16Cl2N8. The molecule has 0 spiro atoms. The van der Waals surface area contributed by atoms with Crippen LogP contribution in [-0.4, -0.2) is 46.1 Å². The molecule has 2 aromatic heterocycles. The summed E-state index contributed by atoms with van der Waals surface area (Å²) in [6.45, 7) is 3.15. The van der Waals surface area contributed by atoms with Gasteiger partial charge >= 0.3 is 0 Å². The van der Waals surface area contributed by atoms with Crippen LogP contribution in [0.15, 0.2) is 12.1 Å². The number of nitrogens with zero attached hydrogens (tertiary/aromatic N) is 6. The van der Waals surface area contributed by atoms with Gasteiger partial charge in [-0.15, -0.1) is 0 Å². The molecule has 0 aliphatic carbocycles. The van der Waals surface area contributed by atoms with Crippen molar-refractivity contribution in [1.29, 1.82) is 0 Å². The van der Waals surface area contributed by atoms with Crippen LogP contribution in [0, 0.1) is 0 Å². The minimum absolute atomic E-state index is 0.170. The molecule has 0 aromatic carbocycles. The first-order valence-electron chi connectivity index (χ1n) is 7.11. The van der Waals surface area contributed by atoms with E-state index in [1.165, 1.54) is 0 Å². The fourth-order valence-corrected chi connectivity index (χ4v) is 2.91. The Hall–Kier alpha value is -2.06. The van der Waals surface area contributed by atoms with Crippen LogP contribution in [0.1, 0.15) is 6.42 Å². The Bertz CT molecular complexity index is 610. The van der Waals surface area contributed by atoms with Crippen LogP contribution in [0.25, 0.3) is 0 Å². The second-order valence-corrected chi connectivity index (χ2v) is 5.92. The van der Waals surface area contributed by atoms with Crippen LogP contribution in [0.4, 0.5) is 23.5 Å². The Labute approximate surface area is 143 Å². The van der Waals surface area contributed by atoms with Gasteiger partial charge in [0.05, 0.1) is 0 Å². The fourth-order valence-electron chi connectivity index (χ4n) is 2.55. The van der Waals surface area contributed by atoms with Gasteiger partial charge in [-0.1, -0.05) is 23.2 Å². The first-order chi connectivity index (χ1) is 11.0.